The lowest BCUT2D eigenvalue weighted by Crippen LogP contribution is -2.24. The Labute approximate surface area is 137 Å². The van der Waals surface area contributed by atoms with Gasteiger partial charge in [-0.05, 0) is 28.4 Å². The van der Waals surface area contributed by atoms with Crippen LogP contribution in [0, 0.1) is 0 Å². The molecule has 0 spiro atoms. The van der Waals surface area contributed by atoms with E-state index < -0.39 is 16.0 Å². The van der Waals surface area contributed by atoms with E-state index in [-0.39, 0.29) is 9.77 Å². The zero-order valence-electron chi connectivity index (χ0n) is 11.9. The van der Waals surface area contributed by atoms with Crippen LogP contribution in [0.4, 0.5) is 0 Å². The number of nitrogens with one attached hydrogen (secondary N) is 1. The van der Waals surface area contributed by atoms with Crippen molar-refractivity contribution in [2.45, 2.75) is 50.3 Å². The zero-order chi connectivity index (χ0) is 15.9. The number of carbonyl (C=O) groups is 1. The second kappa shape index (κ2) is 8.87. The minimum absolute atomic E-state index is 0.00168. The van der Waals surface area contributed by atoms with Gasteiger partial charge in [0, 0.05) is 6.54 Å². The summed E-state index contributed by atoms with van der Waals surface area (Å²) in [5.41, 5.74) is 0. The highest BCUT2D eigenvalue weighted by molar-refractivity contribution is 9.11. The van der Waals surface area contributed by atoms with Gasteiger partial charge < -0.3 is 5.11 Å². The highest BCUT2D eigenvalue weighted by Gasteiger charge is 2.22. The predicted molar refractivity (Wildman–Crippen MR) is 87.5 cm³/mol. The van der Waals surface area contributed by atoms with Gasteiger partial charge in [-0.15, -0.1) is 11.3 Å². The first-order valence-corrected chi connectivity index (χ1v) is 10.00. The Balaban J connectivity index is 2.48. The normalized spacial score (nSPS) is 11.7. The number of halogens is 1. The highest BCUT2D eigenvalue weighted by Crippen LogP contribution is 2.31. The molecule has 0 atom stereocenters. The summed E-state index contributed by atoms with van der Waals surface area (Å²) in [5.74, 6) is -1.13. The Bertz CT molecular complexity index is 569. The summed E-state index contributed by atoms with van der Waals surface area (Å²) in [5, 5.41) is 8.88. The Kier molecular flexibility index (Phi) is 7.86. The lowest BCUT2D eigenvalue weighted by molar-refractivity contribution is 0.0702. The molecule has 0 aromatic carbocycles. The molecule has 8 heteroatoms. The maximum atomic E-state index is 12.1. The van der Waals surface area contributed by atoms with E-state index in [0.29, 0.717) is 10.3 Å². The van der Waals surface area contributed by atoms with E-state index in [1.807, 2.05) is 0 Å². The number of hydrogen-bond donors (Lipinski definition) is 2. The molecule has 0 saturated heterocycles. The van der Waals surface area contributed by atoms with E-state index in [4.69, 9.17) is 5.11 Å². The van der Waals surface area contributed by atoms with Crippen LogP contribution in [0.5, 0.6) is 0 Å². The number of aromatic carboxylic acids is 1. The number of hydrogen-bond acceptors (Lipinski definition) is 4. The van der Waals surface area contributed by atoms with Gasteiger partial charge in [-0.1, -0.05) is 39.0 Å². The summed E-state index contributed by atoms with van der Waals surface area (Å²) in [7, 11) is -3.65. The van der Waals surface area contributed by atoms with Crippen LogP contribution in [-0.2, 0) is 10.0 Å². The fourth-order valence-electron chi connectivity index (χ4n) is 1.83. The Morgan fingerprint density at radius 1 is 1.29 bits per heavy atom. The topological polar surface area (TPSA) is 83.5 Å². The minimum Gasteiger partial charge on any atom is -0.477 e. The van der Waals surface area contributed by atoms with Crippen LogP contribution in [0.25, 0.3) is 0 Å². The molecule has 0 amide bonds. The van der Waals surface area contributed by atoms with Crippen molar-refractivity contribution in [3.63, 3.8) is 0 Å². The quantitative estimate of drug-likeness (QED) is 0.587. The average Bonchev–Trinajstić information content (AvgIpc) is 2.81. The van der Waals surface area contributed by atoms with Crippen LogP contribution in [0.3, 0.4) is 0 Å². The SMILES string of the molecule is CCCCCCCCNS(=O)(=O)c1cc(C(=O)O)sc1Br. The smallest absolute Gasteiger partial charge is 0.345 e. The lowest BCUT2D eigenvalue weighted by atomic mass is 10.1. The second-order valence-electron chi connectivity index (χ2n) is 4.72. The van der Waals surface area contributed by atoms with Crippen LogP contribution in [0.15, 0.2) is 14.7 Å². The van der Waals surface area contributed by atoms with Gasteiger partial charge in [0.15, 0.2) is 0 Å². The first-order chi connectivity index (χ1) is 9.88. The molecule has 0 aliphatic heterocycles. The molecule has 1 aromatic rings. The van der Waals surface area contributed by atoms with Gasteiger partial charge in [0.1, 0.15) is 9.77 Å². The Hall–Kier alpha value is -0.440. The van der Waals surface area contributed by atoms with E-state index in [2.05, 4.69) is 27.6 Å². The van der Waals surface area contributed by atoms with Crippen molar-refractivity contribution >= 4 is 43.3 Å². The van der Waals surface area contributed by atoms with Gasteiger partial charge in [-0.25, -0.2) is 17.9 Å². The molecule has 120 valence electrons. The predicted octanol–water partition coefficient (Wildman–Crippen LogP) is 3.85. The van der Waals surface area contributed by atoms with Crippen molar-refractivity contribution in [1.29, 1.82) is 0 Å². The molecule has 1 aromatic heterocycles. The molecule has 0 aliphatic rings. The number of thiophene rings is 1. The van der Waals surface area contributed by atoms with Crippen molar-refractivity contribution in [3.8, 4) is 0 Å². The molecule has 0 aliphatic carbocycles. The van der Waals surface area contributed by atoms with Crippen LogP contribution >= 0.6 is 27.3 Å². The van der Waals surface area contributed by atoms with E-state index in [9.17, 15) is 13.2 Å². The number of carboxylic acid groups (broad SMARTS) is 1. The van der Waals surface area contributed by atoms with E-state index in [1.54, 1.807) is 0 Å². The molecular formula is C13H20BrNO4S2. The van der Waals surface area contributed by atoms with Crippen molar-refractivity contribution in [2.75, 3.05) is 6.54 Å². The molecule has 2 N–H and O–H groups in total. The van der Waals surface area contributed by atoms with Crippen LogP contribution in [0.2, 0.25) is 0 Å². The van der Waals surface area contributed by atoms with Gasteiger partial charge in [0.05, 0.1) is 3.79 Å². The Morgan fingerprint density at radius 2 is 1.90 bits per heavy atom. The number of rotatable bonds is 10. The summed E-state index contributed by atoms with van der Waals surface area (Å²) in [6, 6.07) is 1.18. The third-order valence-electron chi connectivity index (χ3n) is 2.98. The number of unbranched alkanes of at least 4 members (excludes halogenated alkanes) is 5. The van der Waals surface area contributed by atoms with Gasteiger partial charge in [0.25, 0.3) is 0 Å². The van der Waals surface area contributed by atoms with E-state index >= 15 is 0 Å². The van der Waals surface area contributed by atoms with Crippen molar-refractivity contribution in [3.05, 3.63) is 14.7 Å². The van der Waals surface area contributed by atoms with Crippen molar-refractivity contribution in [2.24, 2.45) is 0 Å². The summed E-state index contributed by atoms with van der Waals surface area (Å²) in [6.45, 7) is 2.53. The summed E-state index contributed by atoms with van der Waals surface area (Å²) < 4.78 is 27.0. The Morgan fingerprint density at radius 3 is 2.48 bits per heavy atom. The first-order valence-electron chi connectivity index (χ1n) is 6.90. The van der Waals surface area contributed by atoms with Crippen LogP contribution < -0.4 is 4.72 Å². The van der Waals surface area contributed by atoms with E-state index in [0.717, 1.165) is 30.6 Å². The highest BCUT2D eigenvalue weighted by atomic mass is 79.9. The van der Waals surface area contributed by atoms with Crippen molar-refractivity contribution in [1.82, 2.24) is 4.72 Å². The summed E-state index contributed by atoms with van der Waals surface area (Å²) in [6.07, 6.45) is 6.47. The van der Waals surface area contributed by atoms with Crippen LogP contribution in [-0.4, -0.2) is 26.0 Å². The third kappa shape index (κ3) is 6.06. The van der Waals surface area contributed by atoms with Crippen LogP contribution in [0.1, 0.15) is 55.1 Å². The molecular weight excluding hydrogens is 378 g/mol. The summed E-state index contributed by atoms with van der Waals surface area (Å²) >= 11 is 4.01. The molecule has 1 rings (SSSR count). The fraction of sp³-hybridized carbons (Fsp3) is 0.615. The minimum atomic E-state index is -3.65. The van der Waals surface area contributed by atoms with Gasteiger partial charge in [-0.3, -0.25) is 0 Å². The molecule has 0 bridgehead atoms. The molecule has 0 unspecified atom stereocenters. The second-order valence-corrected chi connectivity index (χ2v) is 8.82. The maximum absolute atomic E-state index is 12.1. The molecule has 21 heavy (non-hydrogen) atoms. The summed E-state index contributed by atoms with van der Waals surface area (Å²) in [4.78, 5) is 10.9. The third-order valence-corrected chi connectivity index (χ3v) is 6.68. The largest absolute Gasteiger partial charge is 0.477 e. The zero-order valence-corrected chi connectivity index (χ0v) is 15.1. The van der Waals surface area contributed by atoms with Crippen molar-refractivity contribution < 1.29 is 18.3 Å². The lowest BCUT2D eigenvalue weighted by Gasteiger charge is -2.05. The number of carboxylic acids is 1. The first kappa shape index (κ1) is 18.6. The molecule has 5 nitrogen and oxygen atoms in total. The average molecular weight is 398 g/mol. The van der Waals surface area contributed by atoms with Gasteiger partial charge in [-0.2, -0.15) is 0 Å². The monoisotopic (exact) mass is 397 g/mol. The van der Waals surface area contributed by atoms with E-state index in [1.165, 1.54) is 25.3 Å². The standard InChI is InChI=1S/C13H20BrNO4S2/c1-2-3-4-5-6-7-8-15-21(18,19)11-9-10(13(16)17)20-12(11)14/h9,15H,2-8H2,1H3,(H,16,17). The molecule has 0 radical (unpaired) electrons. The fourth-order valence-corrected chi connectivity index (χ4v) is 5.31. The van der Waals surface area contributed by atoms with Gasteiger partial charge in [0.2, 0.25) is 10.0 Å². The molecule has 0 fully saturated rings. The molecule has 0 saturated carbocycles. The van der Waals surface area contributed by atoms with Gasteiger partial charge >= 0.3 is 5.97 Å². The molecule has 1 heterocycles. The maximum Gasteiger partial charge on any atom is 0.345 e. The number of sulfonamides is 1.